The number of hydrogen-bond donors (Lipinski definition) is 1. The maximum Gasteiger partial charge on any atom is 0.218 e. The third-order valence-corrected chi connectivity index (χ3v) is 3.31. The van der Waals surface area contributed by atoms with Crippen LogP contribution in [0, 0.1) is 0 Å². The molecule has 6 heteroatoms. The predicted molar refractivity (Wildman–Crippen MR) is 80.6 cm³/mol. The number of hydrogen-bond acceptors (Lipinski definition) is 6. The summed E-state index contributed by atoms with van der Waals surface area (Å²) < 4.78 is 16.4. The predicted octanol–water partition coefficient (Wildman–Crippen LogP) is 2.39. The van der Waals surface area contributed by atoms with Crippen molar-refractivity contribution in [3.63, 3.8) is 0 Å². The molecule has 0 aromatic carbocycles. The number of unbranched alkanes of at least 4 members (excludes halogenated alkanes) is 1. The van der Waals surface area contributed by atoms with Gasteiger partial charge < -0.3 is 19.5 Å². The first kappa shape index (κ1) is 16.0. The molecule has 1 aromatic heterocycles. The number of methoxy groups -OCH3 is 1. The van der Waals surface area contributed by atoms with E-state index in [0.717, 1.165) is 44.7 Å². The van der Waals surface area contributed by atoms with Crippen molar-refractivity contribution in [3.8, 4) is 5.88 Å². The summed E-state index contributed by atoms with van der Waals surface area (Å²) in [4.78, 5) is 8.77. The van der Waals surface area contributed by atoms with Gasteiger partial charge in [-0.25, -0.2) is 4.98 Å². The van der Waals surface area contributed by atoms with Crippen LogP contribution in [0.4, 0.5) is 5.82 Å². The fraction of sp³-hybridized carbons (Fsp3) is 0.733. The van der Waals surface area contributed by atoms with Gasteiger partial charge in [0, 0.05) is 26.3 Å². The van der Waals surface area contributed by atoms with Gasteiger partial charge in [-0.2, -0.15) is 4.98 Å². The smallest absolute Gasteiger partial charge is 0.218 e. The zero-order chi connectivity index (χ0) is 14.9. The van der Waals surface area contributed by atoms with E-state index >= 15 is 0 Å². The monoisotopic (exact) mass is 295 g/mol. The highest BCUT2D eigenvalue weighted by atomic mass is 16.5. The molecule has 1 atom stereocenters. The Morgan fingerprint density at radius 2 is 2.33 bits per heavy atom. The first-order chi connectivity index (χ1) is 10.3. The molecule has 0 radical (unpaired) electrons. The van der Waals surface area contributed by atoms with Crippen LogP contribution in [0.15, 0.2) is 6.07 Å². The van der Waals surface area contributed by atoms with Crippen LogP contribution in [-0.2, 0) is 16.1 Å². The van der Waals surface area contributed by atoms with E-state index in [2.05, 4.69) is 22.2 Å². The Bertz CT molecular complexity index is 423. The molecule has 2 heterocycles. The molecule has 6 nitrogen and oxygen atoms in total. The number of rotatable bonds is 9. The minimum atomic E-state index is 0.273. The zero-order valence-electron chi connectivity index (χ0n) is 12.9. The van der Waals surface area contributed by atoms with Gasteiger partial charge in [-0.3, -0.25) is 0 Å². The summed E-state index contributed by atoms with van der Waals surface area (Å²) in [6.07, 6.45) is 4.62. The lowest BCUT2D eigenvalue weighted by molar-refractivity contribution is 0.120. The highest BCUT2D eigenvalue weighted by Gasteiger charge is 2.15. The molecule has 1 N–H and O–H groups in total. The second-order valence-electron chi connectivity index (χ2n) is 5.16. The van der Waals surface area contributed by atoms with Crippen LogP contribution in [0.2, 0.25) is 0 Å². The molecule has 0 bridgehead atoms. The first-order valence-electron chi connectivity index (χ1n) is 7.67. The second kappa shape index (κ2) is 8.79. The number of nitrogens with zero attached hydrogens (tertiary/aromatic N) is 2. The van der Waals surface area contributed by atoms with E-state index in [-0.39, 0.29) is 6.10 Å². The van der Waals surface area contributed by atoms with Crippen LogP contribution >= 0.6 is 0 Å². The largest absolute Gasteiger partial charge is 0.478 e. The molecule has 1 fully saturated rings. The van der Waals surface area contributed by atoms with Crippen molar-refractivity contribution in [2.24, 2.45) is 0 Å². The van der Waals surface area contributed by atoms with Gasteiger partial charge in [0.2, 0.25) is 5.88 Å². The molecule has 1 unspecified atom stereocenters. The third kappa shape index (κ3) is 5.47. The average molecular weight is 295 g/mol. The Labute approximate surface area is 126 Å². The topological polar surface area (TPSA) is 65.5 Å². The highest BCUT2D eigenvalue weighted by molar-refractivity contribution is 5.38. The molecule has 0 aliphatic carbocycles. The molecule has 1 saturated heterocycles. The van der Waals surface area contributed by atoms with E-state index in [0.29, 0.717) is 24.9 Å². The summed E-state index contributed by atoms with van der Waals surface area (Å²) in [5, 5.41) is 3.30. The van der Waals surface area contributed by atoms with Crippen LogP contribution in [0.5, 0.6) is 5.88 Å². The van der Waals surface area contributed by atoms with Crippen molar-refractivity contribution in [1.82, 2.24) is 9.97 Å². The summed E-state index contributed by atoms with van der Waals surface area (Å²) in [6, 6.07) is 1.84. The van der Waals surface area contributed by atoms with Gasteiger partial charge in [0.15, 0.2) is 5.82 Å². The Balaban J connectivity index is 1.96. The quantitative estimate of drug-likeness (QED) is 0.706. The molecule has 1 aliphatic rings. The zero-order valence-corrected chi connectivity index (χ0v) is 12.9. The van der Waals surface area contributed by atoms with Gasteiger partial charge >= 0.3 is 0 Å². The fourth-order valence-corrected chi connectivity index (χ4v) is 2.18. The van der Waals surface area contributed by atoms with E-state index in [1.165, 1.54) is 0 Å². The van der Waals surface area contributed by atoms with Gasteiger partial charge in [-0.15, -0.1) is 0 Å². The van der Waals surface area contributed by atoms with Crippen molar-refractivity contribution in [1.29, 1.82) is 0 Å². The van der Waals surface area contributed by atoms with E-state index < -0.39 is 0 Å². The fourth-order valence-electron chi connectivity index (χ4n) is 2.18. The highest BCUT2D eigenvalue weighted by Crippen LogP contribution is 2.17. The summed E-state index contributed by atoms with van der Waals surface area (Å²) >= 11 is 0. The SMILES string of the molecule is CCCCOc1cc(NCC2CCCO2)nc(COC)n1. The molecule has 21 heavy (non-hydrogen) atoms. The van der Waals surface area contributed by atoms with Gasteiger partial charge in [0.05, 0.1) is 12.7 Å². The van der Waals surface area contributed by atoms with Crippen molar-refractivity contribution in [2.45, 2.75) is 45.3 Å². The summed E-state index contributed by atoms with van der Waals surface area (Å²) in [6.45, 7) is 4.80. The molecule has 0 saturated carbocycles. The Morgan fingerprint density at radius 3 is 3.05 bits per heavy atom. The molecular formula is C15H25N3O3. The van der Waals surface area contributed by atoms with Crippen LogP contribution < -0.4 is 10.1 Å². The second-order valence-corrected chi connectivity index (χ2v) is 5.16. The lowest BCUT2D eigenvalue weighted by Gasteiger charge is -2.13. The Morgan fingerprint density at radius 1 is 1.43 bits per heavy atom. The number of nitrogens with one attached hydrogen (secondary N) is 1. The summed E-state index contributed by atoms with van der Waals surface area (Å²) in [5.41, 5.74) is 0. The van der Waals surface area contributed by atoms with Gasteiger partial charge in [-0.05, 0) is 19.3 Å². The lowest BCUT2D eigenvalue weighted by atomic mass is 10.2. The number of anilines is 1. The van der Waals surface area contributed by atoms with Crippen LogP contribution in [0.25, 0.3) is 0 Å². The maximum atomic E-state index is 5.67. The van der Waals surface area contributed by atoms with Gasteiger partial charge in [0.1, 0.15) is 12.4 Å². The van der Waals surface area contributed by atoms with Gasteiger partial charge in [0.25, 0.3) is 0 Å². The maximum absolute atomic E-state index is 5.67. The normalized spacial score (nSPS) is 17.9. The van der Waals surface area contributed by atoms with Crippen molar-refractivity contribution in [2.75, 3.05) is 32.2 Å². The Hall–Kier alpha value is -1.40. The van der Waals surface area contributed by atoms with Gasteiger partial charge in [-0.1, -0.05) is 13.3 Å². The average Bonchev–Trinajstić information content (AvgIpc) is 2.99. The molecule has 0 spiro atoms. The van der Waals surface area contributed by atoms with Crippen LogP contribution in [-0.4, -0.2) is 42.9 Å². The molecule has 1 aliphatic heterocycles. The van der Waals surface area contributed by atoms with Crippen molar-refractivity contribution < 1.29 is 14.2 Å². The Kier molecular flexibility index (Phi) is 6.69. The minimum absolute atomic E-state index is 0.273. The lowest BCUT2D eigenvalue weighted by Crippen LogP contribution is -2.19. The van der Waals surface area contributed by atoms with E-state index in [1.54, 1.807) is 7.11 Å². The van der Waals surface area contributed by atoms with E-state index in [9.17, 15) is 0 Å². The summed E-state index contributed by atoms with van der Waals surface area (Å²) in [7, 11) is 1.63. The molecule has 0 amide bonds. The first-order valence-corrected chi connectivity index (χ1v) is 7.67. The van der Waals surface area contributed by atoms with Crippen molar-refractivity contribution in [3.05, 3.63) is 11.9 Å². The molecule has 1 aromatic rings. The third-order valence-electron chi connectivity index (χ3n) is 3.31. The van der Waals surface area contributed by atoms with E-state index in [1.807, 2.05) is 6.07 Å². The standard InChI is InChI=1S/C15H25N3O3/c1-3-4-7-21-15-9-13(17-14(18-15)11-19-2)16-10-12-6-5-8-20-12/h9,12H,3-8,10-11H2,1-2H3,(H,16,17,18). The van der Waals surface area contributed by atoms with Crippen molar-refractivity contribution >= 4 is 5.82 Å². The van der Waals surface area contributed by atoms with Crippen LogP contribution in [0.3, 0.4) is 0 Å². The summed E-state index contributed by atoms with van der Waals surface area (Å²) in [5.74, 6) is 1.99. The molecular weight excluding hydrogens is 270 g/mol. The number of aromatic nitrogens is 2. The van der Waals surface area contributed by atoms with Crippen LogP contribution in [0.1, 0.15) is 38.4 Å². The minimum Gasteiger partial charge on any atom is -0.478 e. The molecule has 2 rings (SSSR count). The molecule has 118 valence electrons. The number of ether oxygens (including phenoxy) is 3. The van der Waals surface area contributed by atoms with E-state index in [4.69, 9.17) is 14.2 Å².